The van der Waals surface area contributed by atoms with Gasteiger partial charge in [-0.1, -0.05) is 0 Å². The fourth-order valence-electron chi connectivity index (χ4n) is 2.08. The van der Waals surface area contributed by atoms with Gasteiger partial charge in [0.05, 0.1) is 23.6 Å². The van der Waals surface area contributed by atoms with E-state index in [9.17, 15) is 8.42 Å². The lowest BCUT2D eigenvalue weighted by Gasteiger charge is -2.41. The fourth-order valence-corrected chi connectivity index (χ4v) is 3.96. The Morgan fingerprint density at radius 2 is 2.12 bits per heavy atom. The molecule has 1 rings (SSSR count). The summed E-state index contributed by atoms with van der Waals surface area (Å²) in [5, 5.41) is 0. The van der Waals surface area contributed by atoms with Crippen LogP contribution in [0.15, 0.2) is 0 Å². The van der Waals surface area contributed by atoms with E-state index in [1.807, 2.05) is 20.8 Å². The average molecular weight is 265 g/mol. The molecule has 0 aliphatic carbocycles. The monoisotopic (exact) mass is 265 g/mol. The summed E-state index contributed by atoms with van der Waals surface area (Å²) in [5.74, 6) is 0.0201. The fraction of sp³-hybridized carbons (Fsp3) is 1.00. The maximum Gasteiger partial charge on any atom is 0.216 e. The second-order valence-corrected chi connectivity index (χ2v) is 7.32. The molecule has 1 aliphatic rings. The van der Waals surface area contributed by atoms with Gasteiger partial charge in [0.2, 0.25) is 10.0 Å². The van der Waals surface area contributed by atoms with E-state index < -0.39 is 15.6 Å². The lowest BCUT2D eigenvalue weighted by Crippen LogP contribution is -2.54. The van der Waals surface area contributed by atoms with Gasteiger partial charge < -0.3 is 9.47 Å². The molecule has 0 saturated carbocycles. The molecule has 0 aromatic carbocycles. The average Bonchev–Trinajstić information content (AvgIpc) is 2.13. The first kappa shape index (κ1) is 14.9. The minimum absolute atomic E-state index is 0.0201. The molecule has 2 atom stereocenters. The Hall–Kier alpha value is -0.170. The van der Waals surface area contributed by atoms with Gasteiger partial charge in [0.1, 0.15) is 0 Å². The summed E-state index contributed by atoms with van der Waals surface area (Å²) in [6, 6.07) is 0. The number of ether oxygens (including phenoxy) is 2. The van der Waals surface area contributed by atoms with Gasteiger partial charge in [-0.3, -0.25) is 0 Å². The van der Waals surface area contributed by atoms with E-state index >= 15 is 0 Å². The molecule has 5 nitrogen and oxygen atoms in total. The first-order chi connectivity index (χ1) is 7.66. The number of methoxy groups -OCH3 is 1. The summed E-state index contributed by atoms with van der Waals surface area (Å²) in [5.41, 5.74) is -0.430. The Morgan fingerprint density at radius 3 is 2.59 bits per heavy atom. The van der Waals surface area contributed by atoms with E-state index in [0.29, 0.717) is 13.1 Å². The molecular weight excluding hydrogens is 242 g/mol. The van der Waals surface area contributed by atoms with Crippen molar-refractivity contribution in [1.29, 1.82) is 0 Å². The summed E-state index contributed by atoms with van der Waals surface area (Å²) in [6.07, 6.45) is -0.368. The van der Waals surface area contributed by atoms with Gasteiger partial charge in [0.25, 0.3) is 0 Å². The van der Waals surface area contributed by atoms with Crippen molar-refractivity contribution in [2.75, 3.05) is 26.0 Å². The minimum Gasteiger partial charge on any atom is -0.381 e. The zero-order chi connectivity index (χ0) is 13.3. The number of hydrogen-bond acceptors (Lipinski definition) is 4. The molecule has 0 bridgehead atoms. The molecule has 0 radical (unpaired) electrons. The molecule has 102 valence electrons. The first-order valence-electron chi connectivity index (χ1n) is 5.85. The highest BCUT2D eigenvalue weighted by molar-refractivity contribution is 7.89. The molecule has 1 fully saturated rings. The SMILES string of the molecule is COC(C)CS(=O)(=O)N1CC(C)OC(C)(C)C1. The Balaban J connectivity index is 2.77. The van der Waals surface area contributed by atoms with E-state index in [1.54, 1.807) is 6.92 Å². The second-order valence-electron chi connectivity index (χ2n) is 5.31. The van der Waals surface area contributed by atoms with E-state index in [0.717, 1.165) is 0 Å². The van der Waals surface area contributed by atoms with Crippen LogP contribution in [0.2, 0.25) is 0 Å². The summed E-state index contributed by atoms with van der Waals surface area (Å²) < 4.78 is 36.6. The normalized spacial score (nSPS) is 27.9. The Morgan fingerprint density at radius 1 is 1.53 bits per heavy atom. The summed E-state index contributed by atoms with van der Waals surface area (Å²) in [6.45, 7) is 8.28. The molecule has 1 heterocycles. The van der Waals surface area contributed by atoms with Crippen molar-refractivity contribution in [2.24, 2.45) is 0 Å². The molecule has 0 N–H and O–H groups in total. The maximum absolute atomic E-state index is 12.2. The highest BCUT2D eigenvalue weighted by atomic mass is 32.2. The molecule has 0 aromatic heterocycles. The van der Waals surface area contributed by atoms with Gasteiger partial charge in [-0.2, -0.15) is 4.31 Å². The standard InChI is InChI=1S/C11H23NO4S/c1-9-6-12(8-11(3,4)16-9)17(13,14)7-10(2)15-5/h9-10H,6-8H2,1-5H3. The van der Waals surface area contributed by atoms with Crippen molar-refractivity contribution >= 4 is 10.0 Å². The largest absolute Gasteiger partial charge is 0.381 e. The Kier molecular flexibility index (Phi) is 4.57. The number of morpholine rings is 1. The summed E-state index contributed by atoms with van der Waals surface area (Å²) in [7, 11) is -1.75. The molecule has 1 saturated heterocycles. The highest BCUT2D eigenvalue weighted by Crippen LogP contribution is 2.23. The molecule has 1 aliphatic heterocycles. The molecule has 0 aromatic rings. The van der Waals surface area contributed by atoms with Crippen LogP contribution in [0, 0.1) is 0 Å². The van der Waals surface area contributed by atoms with E-state index in [2.05, 4.69) is 0 Å². The van der Waals surface area contributed by atoms with Crippen LogP contribution < -0.4 is 0 Å². The zero-order valence-corrected chi connectivity index (χ0v) is 12.1. The van der Waals surface area contributed by atoms with Crippen LogP contribution in [0.1, 0.15) is 27.7 Å². The van der Waals surface area contributed by atoms with E-state index in [4.69, 9.17) is 9.47 Å². The van der Waals surface area contributed by atoms with E-state index in [-0.39, 0.29) is 18.0 Å². The van der Waals surface area contributed by atoms with Crippen LogP contribution in [-0.2, 0) is 19.5 Å². The van der Waals surface area contributed by atoms with Crippen molar-refractivity contribution in [2.45, 2.75) is 45.5 Å². The van der Waals surface area contributed by atoms with Crippen molar-refractivity contribution in [3.8, 4) is 0 Å². The molecule has 17 heavy (non-hydrogen) atoms. The lowest BCUT2D eigenvalue weighted by molar-refractivity contribution is -0.109. The molecule has 2 unspecified atom stereocenters. The van der Waals surface area contributed by atoms with Gasteiger partial charge in [-0.05, 0) is 27.7 Å². The van der Waals surface area contributed by atoms with Crippen molar-refractivity contribution in [1.82, 2.24) is 4.31 Å². The van der Waals surface area contributed by atoms with Gasteiger partial charge in [0, 0.05) is 20.2 Å². The van der Waals surface area contributed by atoms with Crippen LogP contribution in [0.25, 0.3) is 0 Å². The predicted octanol–water partition coefficient (Wildman–Crippen LogP) is 0.850. The number of sulfonamides is 1. The van der Waals surface area contributed by atoms with Crippen LogP contribution in [0.4, 0.5) is 0 Å². The number of hydrogen-bond donors (Lipinski definition) is 0. The highest BCUT2D eigenvalue weighted by Gasteiger charge is 2.37. The minimum atomic E-state index is -3.27. The third kappa shape index (κ3) is 4.21. The maximum atomic E-state index is 12.2. The van der Waals surface area contributed by atoms with Crippen molar-refractivity contribution in [3.05, 3.63) is 0 Å². The van der Waals surface area contributed by atoms with Crippen LogP contribution >= 0.6 is 0 Å². The lowest BCUT2D eigenvalue weighted by atomic mass is 10.1. The molecule has 6 heteroatoms. The van der Waals surface area contributed by atoms with E-state index in [1.165, 1.54) is 11.4 Å². The number of rotatable bonds is 4. The van der Waals surface area contributed by atoms with Crippen LogP contribution in [0.3, 0.4) is 0 Å². The van der Waals surface area contributed by atoms with Gasteiger partial charge >= 0.3 is 0 Å². The summed E-state index contributed by atoms with van der Waals surface area (Å²) >= 11 is 0. The van der Waals surface area contributed by atoms with Gasteiger partial charge in [0.15, 0.2) is 0 Å². The third-order valence-electron chi connectivity index (χ3n) is 2.78. The molecular formula is C11H23NO4S. The van der Waals surface area contributed by atoms with Gasteiger partial charge in [-0.15, -0.1) is 0 Å². The van der Waals surface area contributed by atoms with Crippen molar-refractivity contribution < 1.29 is 17.9 Å². The Bertz CT molecular complexity index is 352. The molecule has 0 amide bonds. The van der Waals surface area contributed by atoms with Crippen LogP contribution in [-0.4, -0.2) is 56.5 Å². The van der Waals surface area contributed by atoms with Crippen LogP contribution in [0.5, 0.6) is 0 Å². The quantitative estimate of drug-likeness (QED) is 0.756. The van der Waals surface area contributed by atoms with Crippen molar-refractivity contribution in [3.63, 3.8) is 0 Å². The smallest absolute Gasteiger partial charge is 0.216 e. The summed E-state index contributed by atoms with van der Waals surface area (Å²) in [4.78, 5) is 0. The number of nitrogens with zero attached hydrogens (tertiary/aromatic N) is 1. The molecule has 0 spiro atoms. The predicted molar refractivity (Wildman–Crippen MR) is 66.5 cm³/mol. The Labute approximate surface area is 104 Å². The zero-order valence-electron chi connectivity index (χ0n) is 11.3. The second kappa shape index (κ2) is 5.22. The third-order valence-corrected chi connectivity index (χ3v) is 4.73. The first-order valence-corrected chi connectivity index (χ1v) is 7.45. The topological polar surface area (TPSA) is 55.8 Å². The van der Waals surface area contributed by atoms with Gasteiger partial charge in [-0.25, -0.2) is 8.42 Å².